The van der Waals surface area contributed by atoms with Crippen molar-refractivity contribution < 1.29 is 14.7 Å². The molecule has 4 fully saturated rings. The number of carboxylic acids is 1. The van der Waals surface area contributed by atoms with Crippen molar-refractivity contribution in [3.8, 4) is 0 Å². The minimum absolute atomic E-state index is 0.113. The molecule has 0 spiro atoms. The summed E-state index contributed by atoms with van der Waals surface area (Å²) in [4.78, 5) is 29.9. The lowest BCUT2D eigenvalue weighted by Crippen LogP contribution is -2.56. The molecule has 1 amide bonds. The number of hydrogen-bond donors (Lipinski definition) is 1. The van der Waals surface area contributed by atoms with Crippen LogP contribution in [-0.2, 0) is 0 Å². The Morgan fingerprint density at radius 2 is 1.74 bits per heavy atom. The number of pyridine rings is 1. The van der Waals surface area contributed by atoms with Crippen LogP contribution in [0.1, 0.15) is 53.0 Å². The van der Waals surface area contributed by atoms with Gasteiger partial charge >= 0.3 is 5.97 Å². The molecule has 4 aliphatic carbocycles. The lowest BCUT2D eigenvalue weighted by atomic mass is 9.54. The molecule has 5 nitrogen and oxygen atoms in total. The molecule has 0 radical (unpaired) electrons. The molecule has 0 aliphatic heterocycles. The van der Waals surface area contributed by atoms with E-state index in [0.29, 0.717) is 17.9 Å². The van der Waals surface area contributed by atoms with Crippen molar-refractivity contribution >= 4 is 11.9 Å². The van der Waals surface area contributed by atoms with E-state index in [-0.39, 0.29) is 17.2 Å². The Kier molecular flexibility index (Phi) is 3.39. The van der Waals surface area contributed by atoms with Crippen LogP contribution in [0.25, 0.3) is 0 Å². The molecule has 4 saturated carbocycles. The Hall–Kier alpha value is -1.91. The van der Waals surface area contributed by atoms with E-state index < -0.39 is 5.97 Å². The predicted octanol–water partition coefficient (Wildman–Crippen LogP) is 2.68. The van der Waals surface area contributed by atoms with Crippen LogP contribution in [0.5, 0.6) is 0 Å². The zero-order chi connectivity index (χ0) is 16.1. The Morgan fingerprint density at radius 1 is 1.13 bits per heavy atom. The highest BCUT2D eigenvalue weighted by Gasteiger charge is 2.50. The number of nitrogens with zero attached hydrogens (tertiary/aromatic N) is 2. The van der Waals surface area contributed by atoms with Crippen molar-refractivity contribution in [2.75, 3.05) is 7.05 Å². The van der Waals surface area contributed by atoms with E-state index in [2.05, 4.69) is 4.98 Å². The number of carbonyl (C=O) groups excluding carboxylic acids is 1. The van der Waals surface area contributed by atoms with Crippen LogP contribution in [0.3, 0.4) is 0 Å². The number of aromatic nitrogens is 1. The summed E-state index contributed by atoms with van der Waals surface area (Å²) in [5.41, 5.74) is 0.350. The van der Waals surface area contributed by atoms with E-state index in [1.807, 2.05) is 11.9 Å². The van der Waals surface area contributed by atoms with Gasteiger partial charge in [0.15, 0.2) is 0 Å². The number of rotatable bonds is 3. The Morgan fingerprint density at radius 3 is 2.30 bits per heavy atom. The summed E-state index contributed by atoms with van der Waals surface area (Å²) in [6.45, 7) is 0. The molecule has 0 atom stereocenters. The van der Waals surface area contributed by atoms with Crippen LogP contribution < -0.4 is 0 Å². The lowest BCUT2D eigenvalue weighted by molar-refractivity contribution is -0.0492. The van der Waals surface area contributed by atoms with Crippen LogP contribution >= 0.6 is 0 Å². The summed E-state index contributed by atoms with van der Waals surface area (Å²) in [7, 11) is 1.87. The zero-order valence-electron chi connectivity index (χ0n) is 13.3. The van der Waals surface area contributed by atoms with Gasteiger partial charge in [-0.2, -0.15) is 0 Å². The molecule has 122 valence electrons. The average molecular weight is 314 g/mol. The van der Waals surface area contributed by atoms with Gasteiger partial charge in [-0.1, -0.05) is 0 Å². The van der Waals surface area contributed by atoms with Gasteiger partial charge < -0.3 is 10.0 Å². The maximum Gasteiger partial charge on any atom is 0.335 e. The number of carboxylic acid groups (broad SMARTS) is 1. The summed E-state index contributed by atoms with van der Waals surface area (Å²) in [6.07, 6.45) is 7.78. The molecule has 5 heteroatoms. The Bertz CT molecular complexity index is 629. The molecule has 23 heavy (non-hydrogen) atoms. The van der Waals surface area contributed by atoms with Gasteiger partial charge in [0.05, 0.1) is 5.56 Å². The van der Waals surface area contributed by atoms with Crippen molar-refractivity contribution in [2.24, 2.45) is 23.7 Å². The van der Waals surface area contributed by atoms with E-state index in [9.17, 15) is 9.59 Å². The molecule has 1 N–H and O–H groups in total. The van der Waals surface area contributed by atoms with Crippen molar-refractivity contribution in [3.05, 3.63) is 29.6 Å². The van der Waals surface area contributed by atoms with Crippen molar-refractivity contribution in [2.45, 2.75) is 38.1 Å². The quantitative estimate of drug-likeness (QED) is 0.931. The molecule has 1 aromatic heterocycles. The molecule has 4 aliphatic rings. The lowest BCUT2D eigenvalue weighted by Gasteiger charge is -2.56. The maximum absolute atomic E-state index is 12.8. The van der Waals surface area contributed by atoms with Crippen LogP contribution in [0, 0.1) is 23.7 Å². The van der Waals surface area contributed by atoms with E-state index in [1.165, 1.54) is 50.4 Å². The second-order valence-corrected chi connectivity index (χ2v) is 7.57. The zero-order valence-corrected chi connectivity index (χ0v) is 13.3. The third-order valence-corrected chi connectivity index (χ3v) is 6.17. The minimum Gasteiger partial charge on any atom is -0.478 e. The van der Waals surface area contributed by atoms with Gasteiger partial charge in [-0.05, 0) is 67.9 Å². The van der Waals surface area contributed by atoms with E-state index in [0.717, 1.165) is 11.8 Å². The van der Waals surface area contributed by atoms with Crippen LogP contribution in [0.4, 0.5) is 0 Å². The summed E-state index contributed by atoms with van der Waals surface area (Å²) in [5.74, 6) is 1.78. The van der Waals surface area contributed by atoms with Gasteiger partial charge in [-0.15, -0.1) is 0 Å². The summed E-state index contributed by atoms with van der Waals surface area (Å²) < 4.78 is 0. The fraction of sp³-hybridized carbons (Fsp3) is 0.611. The molecule has 4 bridgehead atoms. The minimum atomic E-state index is -1.03. The SMILES string of the molecule is CN(C(=O)c1cc(C(=O)O)ccn1)C1C2CC3CC(C2)CC1C3. The first-order chi connectivity index (χ1) is 11.0. The van der Waals surface area contributed by atoms with Crippen LogP contribution in [-0.4, -0.2) is 40.0 Å². The number of amides is 1. The first kappa shape index (κ1) is 14.7. The van der Waals surface area contributed by atoms with Gasteiger partial charge in [0, 0.05) is 19.3 Å². The second kappa shape index (κ2) is 5.32. The predicted molar refractivity (Wildman–Crippen MR) is 84.1 cm³/mol. The highest BCUT2D eigenvalue weighted by Crippen LogP contribution is 2.55. The number of carbonyl (C=O) groups is 2. The molecule has 1 aromatic rings. The fourth-order valence-electron chi connectivity index (χ4n) is 5.53. The highest BCUT2D eigenvalue weighted by molar-refractivity contribution is 5.95. The van der Waals surface area contributed by atoms with E-state index in [4.69, 9.17) is 5.11 Å². The third kappa shape index (κ3) is 2.42. The van der Waals surface area contributed by atoms with Crippen molar-refractivity contribution in [3.63, 3.8) is 0 Å². The monoisotopic (exact) mass is 314 g/mol. The van der Waals surface area contributed by atoms with Crippen molar-refractivity contribution in [1.82, 2.24) is 9.88 Å². The normalized spacial score (nSPS) is 34.4. The molecular formula is C18H22N2O3. The summed E-state index contributed by atoms with van der Waals surface area (Å²) in [6, 6.07) is 3.10. The molecule has 0 saturated heterocycles. The van der Waals surface area contributed by atoms with E-state index in [1.54, 1.807) is 0 Å². The van der Waals surface area contributed by atoms with Crippen molar-refractivity contribution in [1.29, 1.82) is 0 Å². The molecular weight excluding hydrogens is 292 g/mol. The smallest absolute Gasteiger partial charge is 0.335 e. The first-order valence-corrected chi connectivity index (χ1v) is 8.49. The molecule has 0 aromatic carbocycles. The fourth-order valence-corrected chi connectivity index (χ4v) is 5.53. The van der Waals surface area contributed by atoms with Gasteiger partial charge in [0.2, 0.25) is 0 Å². The molecule has 0 unspecified atom stereocenters. The Labute approximate surface area is 135 Å². The summed E-state index contributed by atoms with van der Waals surface area (Å²) >= 11 is 0. The third-order valence-electron chi connectivity index (χ3n) is 6.17. The summed E-state index contributed by atoms with van der Waals surface area (Å²) in [5, 5.41) is 9.09. The largest absolute Gasteiger partial charge is 0.478 e. The van der Waals surface area contributed by atoms with E-state index >= 15 is 0 Å². The van der Waals surface area contributed by atoms with Crippen LogP contribution in [0.15, 0.2) is 18.3 Å². The van der Waals surface area contributed by atoms with Gasteiger partial charge in [0.25, 0.3) is 5.91 Å². The average Bonchev–Trinajstić information content (AvgIpc) is 2.53. The standard InChI is InChI=1S/C18H22N2O3/c1-20(17(21)15-9-12(18(22)23)2-3-19-15)16-13-5-10-4-11(7-13)8-14(16)6-10/h2-3,9-11,13-14,16H,4-8H2,1H3,(H,22,23). The van der Waals surface area contributed by atoms with Crippen LogP contribution in [0.2, 0.25) is 0 Å². The highest BCUT2D eigenvalue weighted by atomic mass is 16.4. The number of aromatic carboxylic acids is 1. The van der Waals surface area contributed by atoms with Gasteiger partial charge in [-0.3, -0.25) is 9.78 Å². The second-order valence-electron chi connectivity index (χ2n) is 7.57. The molecule has 5 rings (SSSR count). The maximum atomic E-state index is 12.8. The first-order valence-electron chi connectivity index (χ1n) is 8.49. The number of hydrogen-bond acceptors (Lipinski definition) is 3. The van der Waals surface area contributed by atoms with Gasteiger partial charge in [0.1, 0.15) is 5.69 Å². The Balaban J connectivity index is 1.57. The van der Waals surface area contributed by atoms with Gasteiger partial charge in [-0.25, -0.2) is 4.79 Å². The topological polar surface area (TPSA) is 70.5 Å². The molecule has 1 heterocycles.